The summed E-state index contributed by atoms with van der Waals surface area (Å²) in [6.07, 6.45) is 0. The maximum atomic E-state index is 13.1. The number of phenolic OH excluding ortho intramolecular Hbond substituents is 1. The van der Waals surface area contributed by atoms with Gasteiger partial charge in [0.2, 0.25) is 0 Å². The number of hydrogen-bond acceptors (Lipinski definition) is 5. The zero-order valence-electron chi connectivity index (χ0n) is 8.86. The quantitative estimate of drug-likeness (QED) is 0.746. The van der Waals surface area contributed by atoms with Crippen molar-refractivity contribution in [2.75, 3.05) is 14.2 Å². The first-order valence-corrected chi connectivity index (χ1v) is 4.41. The van der Waals surface area contributed by atoms with E-state index in [1.54, 1.807) is 0 Å². The molecule has 1 rings (SSSR count). The summed E-state index contributed by atoms with van der Waals surface area (Å²) in [6, 6.07) is 0.692. The molecule has 16 heavy (non-hydrogen) atoms. The molecule has 0 aliphatic carbocycles. The molecular formula is C10H12FNO4. The zero-order valence-corrected chi connectivity index (χ0v) is 8.86. The predicted octanol–water partition coefficient (Wildman–Crippen LogP) is 0.713. The molecule has 0 heterocycles. The number of methoxy groups -OCH3 is 2. The van der Waals surface area contributed by atoms with Crippen molar-refractivity contribution in [3.8, 4) is 11.5 Å². The lowest BCUT2D eigenvalue weighted by atomic mass is 10.1. The zero-order chi connectivity index (χ0) is 12.3. The minimum atomic E-state index is -1.26. The van der Waals surface area contributed by atoms with Crippen LogP contribution in [-0.4, -0.2) is 25.3 Å². The minimum Gasteiger partial charge on any atom is -0.504 e. The third-order valence-electron chi connectivity index (χ3n) is 2.08. The highest BCUT2D eigenvalue weighted by atomic mass is 19.1. The molecule has 6 heteroatoms. The number of rotatable bonds is 3. The van der Waals surface area contributed by atoms with Gasteiger partial charge in [-0.3, -0.25) is 4.79 Å². The Hall–Kier alpha value is -1.82. The highest BCUT2D eigenvalue weighted by molar-refractivity contribution is 5.78. The highest BCUT2D eigenvalue weighted by Gasteiger charge is 2.23. The fourth-order valence-corrected chi connectivity index (χ4v) is 1.24. The van der Waals surface area contributed by atoms with Gasteiger partial charge in [-0.2, -0.15) is 0 Å². The molecule has 0 unspecified atom stereocenters. The standard InChI is InChI=1S/C10H12FNO4/c1-15-7-4-5(11)3-6(9(7)13)8(12)10(14)16-2/h3-4,8,13H,12H2,1-2H3/t8-/m0/s1. The summed E-state index contributed by atoms with van der Waals surface area (Å²) in [7, 11) is 2.41. The molecule has 0 aliphatic rings. The van der Waals surface area contributed by atoms with Crippen molar-refractivity contribution in [2.45, 2.75) is 6.04 Å². The summed E-state index contributed by atoms with van der Waals surface area (Å²) in [6.45, 7) is 0. The predicted molar refractivity (Wildman–Crippen MR) is 53.6 cm³/mol. The van der Waals surface area contributed by atoms with E-state index in [4.69, 9.17) is 10.5 Å². The van der Waals surface area contributed by atoms with Gasteiger partial charge in [0.05, 0.1) is 14.2 Å². The van der Waals surface area contributed by atoms with Gasteiger partial charge >= 0.3 is 5.97 Å². The third kappa shape index (κ3) is 2.22. The Kier molecular flexibility index (Phi) is 3.68. The van der Waals surface area contributed by atoms with Gasteiger partial charge in [0.15, 0.2) is 11.5 Å². The fourth-order valence-electron chi connectivity index (χ4n) is 1.24. The van der Waals surface area contributed by atoms with Gasteiger partial charge in [-0.25, -0.2) is 4.39 Å². The summed E-state index contributed by atoms with van der Waals surface area (Å²) in [4.78, 5) is 11.2. The molecule has 0 fully saturated rings. The van der Waals surface area contributed by atoms with Gasteiger partial charge < -0.3 is 20.3 Å². The second-order valence-electron chi connectivity index (χ2n) is 3.05. The van der Waals surface area contributed by atoms with Crippen LogP contribution in [-0.2, 0) is 9.53 Å². The van der Waals surface area contributed by atoms with Crippen LogP contribution < -0.4 is 10.5 Å². The number of esters is 1. The van der Waals surface area contributed by atoms with Crippen LogP contribution >= 0.6 is 0 Å². The van der Waals surface area contributed by atoms with E-state index in [0.29, 0.717) is 0 Å². The molecule has 88 valence electrons. The van der Waals surface area contributed by atoms with E-state index >= 15 is 0 Å². The lowest BCUT2D eigenvalue weighted by Gasteiger charge is -2.13. The molecule has 1 aromatic carbocycles. The van der Waals surface area contributed by atoms with Crippen molar-refractivity contribution in [1.82, 2.24) is 0 Å². The van der Waals surface area contributed by atoms with Crippen LogP contribution in [0.1, 0.15) is 11.6 Å². The number of hydrogen-bond donors (Lipinski definition) is 2. The van der Waals surface area contributed by atoms with E-state index in [-0.39, 0.29) is 17.1 Å². The van der Waals surface area contributed by atoms with E-state index in [0.717, 1.165) is 19.2 Å². The lowest BCUT2D eigenvalue weighted by Crippen LogP contribution is -2.22. The number of aromatic hydroxyl groups is 1. The van der Waals surface area contributed by atoms with Gasteiger partial charge in [0.1, 0.15) is 11.9 Å². The van der Waals surface area contributed by atoms with Gasteiger partial charge in [-0.15, -0.1) is 0 Å². The monoisotopic (exact) mass is 229 g/mol. The van der Waals surface area contributed by atoms with Gasteiger partial charge in [0.25, 0.3) is 0 Å². The SMILES string of the molecule is COC(=O)[C@@H](N)c1cc(F)cc(OC)c1O. The van der Waals surface area contributed by atoms with Gasteiger partial charge in [-0.05, 0) is 6.07 Å². The van der Waals surface area contributed by atoms with Crippen LogP contribution in [0, 0.1) is 5.82 Å². The first-order valence-electron chi connectivity index (χ1n) is 4.41. The molecular weight excluding hydrogens is 217 g/mol. The second kappa shape index (κ2) is 4.80. The number of carbonyl (C=O) groups is 1. The Bertz CT molecular complexity index is 408. The third-order valence-corrected chi connectivity index (χ3v) is 2.08. The number of nitrogens with two attached hydrogens (primary N) is 1. The highest BCUT2D eigenvalue weighted by Crippen LogP contribution is 2.34. The Labute approximate surface area is 91.6 Å². The van der Waals surface area contributed by atoms with E-state index < -0.39 is 17.8 Å². The molecule has 3 N–H and O–H groups in total. The normalized spacial score (nSPS) is 12.0. The van der Waals surface area contributed by atoms with Crippen LogP contribution in [0.25, 0.3) is 0 Å². The average Bonchev–Trinajstić information content (AvgIpc) is 2.29. The average molecular weight is 229 g/mol. The van der Waals surface area contributed by atoms with Crippen molar-refractivity contribution < 1.29 is 23.8 Å². The molecule has 0 aromatic heterocycles. The van der Waals surface area contributed by atoms with Crippen molar-refractivity contribution in [3.05, 3.63) is 23.5 Å². The van der Waals surface area contributed by atoms with Crippen LogP contribution in [0.2, 0.25) is 0 Å². The first-order chi connectivity index (χ1) is 7.51. The molecule has 0 saturated heterocycles. The Morgan fingerprint density at radius 2 is 2.12 bits per heavy atom. The number of benzene rings is 1. The molecule has 0 spiro atoms. The van der Waals surface area contributed by atoms with Crippen LogP contribution in [0.5, 0.6) is 11.5 Å². The van der Waals surface area contributed by atoms with Crippen LogP contribution in [0.15, 0.2) is 12.1 Å². The van der Waals surface area contributed by atoms with Gasteiger partial charge in [-0.1, -0.05) is 0 Å². The lowest BCUT2D eigenvalue weighted by molar-refractivity contribution is -0.142. The maximum absolute atomic E-state index is 13.1. The smallest absolute Gasteiger partial charge is 0.327 e. The Balaban J connectivity index is 3.22. The second-order valence-corrected chi connectivity index (χ2v) is 3.05. The molecule has 1 aromatic rings. The number of halogens is 1. The summed E-state index contributed by atoms with van der Waals surface area (Å²) in [5.41, 5.74) is 5.41. The Morgan fingerprint density at radius 3 is 2.62 bits per heavy atom. The largest absolute Gasteiger partial charge is 0.504 e. The summed E-state index contributed by atoms with van der Waals surface area (Å²) in [5.74, 6) is -1.90. The first kappa shape index (κ1) is 12.3. The van der Waals surface area contributed by atoms with Crippen LogP contribution in [0.3, 0.4) is 0 Å². The van der Waals surface area contributed by atoms with Gasteiger partial charge in [0, 0.05) is 11.6 Å². The topological polar surface area (TPSA) is 81.8 Å². The van der Waals surface area contributed by atoms with E-state index in [2.05, 4.69) is 4.74 Å². The summed E-state index contributed by atoms with van der Waals surface area (Å²) in [5, 5.41) is 9.65. The van der Waals surface area contributed by atoms with Crippen LogP contribution in [0.4, 0.5) is 4.39 Å². The molecule has 0 bridgehead atoms. The van der Waals surface area contributed by atoms with Crippen molar-refractivity contribution >= 4 is 5.97 Å². The summed E-state index contributed by atoms with van der Waals surface area (Å²) < 4.78 is 22.3. The number of phenols is 1. The van der Waals surface area contributed by atoms with E-state index in [1.165, 1.54) is 7.11 Å². The molecule has 0 saturated carbocycles. The van der Waals surface area contributed by atoms with E-state index in [9.17, 15) is 14.3 Å². The van der Waals surface area contributed by atoms with E-state index in [1.807, 2.05) is 0 Å². The fraction of sp³-hybridized carbons (Fsp3) is 0.300. The van der Waals surface area contributed by atoms with Crippen molar-refractivity contribution in [1.29, 1.82) is 0 Å². The number of carbonyl (C=O) groups excluding carboxylic acids is 1. The molecule has 0 radical (unpaired) electrons. The van der Waals surface area contributed by atoms with Crippen molar-refractivity contribution in [3.63, 3.8) is 0 Å². The molecule has 5 nitrogen and oxygen atoms in total. The Morgan fingerprint density at radius 1 is 1.50 bits per heavy atom. The molecule has 0 aliphatic heterocycles. The minimum absolute atomic E-state index is 0.0799. The summed E-state index contributed by atoms with van der Waals surface area (Å²) >= 11 is 0. The number of ether oxygens (including phenoxy) is 2. The molecule has 0 amide bonds. The maximum Gasteiger partial charge on any atom is 0.327 e. The molecule has 1 atom stereocenters. The van der Waals surface area contributed by atoms with Crippen molar-refractivity contribution in [2.24, 2.45) is 5.73 Å².